The van der Waals surface area contributed by atoms with Gasteiger partial charge in [0, 0.05) is 7.05 Å². The van der Waals surface area contributed by atoms with Crippen molar-refractivity contribution in [3.05, 3.63) is 28.0 Å². The van der Waals surface area contributed by atoms with Gasteiger partial charge >= 0.3 is 6.18 Å². The second kappa shape index (κ2) is 6.95. The molecule has 5 nitrogen and oxygen atoms in total. The van der Waals surface area contributed by atoms with Crippen LogP contribution in [0.1, 0.15) is 10.5 Å². The Morgan fingerprint density at radius 1 is 1.33 bits per heavy atom. The molecule has 1 aromatic heterocycles. The number of carbonyl (C=O) groups is 2. The highest BCUT2D eigenvalue weighted by molar-refractivity contribution is 6.34. The third kappa shape index (κ3) is 5.76. The van der Waals surface area contributed by atoms with Crippen molar-refractivity contribution in [1.82, 2.24) is 15.2 Å². The first kappa shape index (κ1) is 17.5. The SMILES string of the molecule is CN(CC(=O)NCC(F)(F)F)C(=O)c1nc(Cl)ccc1Cl. The monoisotopic (exact) mass is 343 g/mol. The van der Waals surface area contributed by atoms with Gasteiger partial charge in [-0.1, -0.05) is 23.2 Å². The second-order valence-electron chi connectivity index (χ2n) is 4.02. The minimum Gasteiger partial charge on any atom is -0.345 e. The first-order valence-electron chi connectivity index (χ1n) is 5.51. The minimum atomic E-state index is -4.52. The highest BCUT2D eigenvalue weighted by atomic mass is 35.5. The molecule has 21 heavy (non-hydrogen) atoms. The van der Waals surface area contributed by atoms with Crippen LogP contribution in [0.25, 0.3) is 0 Å². The van der Waals surface area contributed by atoms with Gasteiger partial charge < -0.3 is 10.2 Å². The Hall–Kier alpha value is -1.54. The molecule has 0 bridgehead atoms. The van der Waals surface area contributed by atoms with Gasteiger partial charge in [-0.3, -0.25) is 9.59 Å². The number of likely N-dealkylation sites (N-methyl/N-ethyl adjacent to an activating group) is 1. The number of hydrogen-bond acceptors (Lipinski definition) is 3. The Morgan fingerprint density at radius 3 is 2.52 bits per heavy atom. The van der Waals surface area contributed by atoms with Gasteiger partial charge in [-0.25, -0.2) is 4.98 Å². The molecule has 0 aliphatic heterocycles. The van der Waals surface area contributed by atoms with Gasteiger partial charge in [-0.15, -0.1) is 0 Å². The molecule has 116 valence electrons. The molecule has 0 aromatic carbocycles. The first-order chi connectivity index (χ1) is 9.60. The molecule has 0 radical (unpaired) electrons. The summed E-state index contributed by atoms with van der Waals surface area (Å²) in [5, 5.41) is 1.69. The van der Waals surface area contributed by atoms with Gasteiger partial charge in [0.25, 0.3) is 5.91 Å². The minimum absolute atomic E-state index is 0.0203. The van der Waals surface area contributed by atoms with Crippen LogP contribution >= 0.6 is 23.2 Å². The number of alkyl halides is 3. The lowest BCUT2D eigenvalue weighted by Crippen LogP contribution is -2.42. The zero-order valence-corrected chi connectivity index (χ0v) is 12.2. The van der Waals surface area contributed by atoms with Crippen molar-refractivity contribution in [3.63, 3.8) is 0 Å². The van der Waals surface area contributed by atoms with Crippen molar-refractivity contribution >= 4 is 35.0 Å². The summed E-state index contributed by atoms with van der Waals surface area (Å²) in [5.41, 5.74) is -0.185. The summed E-state index contributed by atoms with van der Waals surface area (Å²) in [5.74, 6) is -1.69. The van der Waals surface area contributed by atoms with Crippen LogP contribution in [0.4, 0.5) is 13.2 Å². The lowest BCUT2D eigenvalue weighted by molar-refractivity contribution is -0.138. The Labute approximate surface area is 128 Å². The van der Waals surface area contributed by atoms with E-state index in [0.717, 1.165) is 4.90 Å². The van der Waals surface area contributed by atoms with E-state index in [4.69, 9.17) is 23.2 Å². The molecule has 1 rings (SSSR count). The molecule has 0 unspecified atom stereocenters. The number of amides is 2. The molecule has 0 spiro atoms. The van der Waals surface area contributed by atoms with E-state index >= 15 is 0 Å². The first-order valence-corrected chi connectivity index (χ1v) is 6.26. The van der Waals surface area contributed by atoms with E-state index in [0.29, 0.717) is 0 Å². The van der Waals surface area contributed by atoms with Crippen LogP contribution in [-0.2, 0) is 4.79 Å². The standard InChI is InChI=1S/C11H10Cl2F3N3O2/c1-19(4-8(20)17-5-11(14,15)16)10(21)9-6(12)2-3-7(13)18-9/h2-3H,4-5H2,1H3,(H,17,20). The summed E-state index contributed by atoms with van der Waals surface area (Å²) in [6.07, 6.45) is -4.52. The van der Waals surface area contributed by atoms with Crippen molar-refractivity contribution in [3.8, 4) is 0 Å². The molecular formula is C11H10Cl2F3N3O2. The summed E-state index contributed by atoms with van der Waals surface area (Å²) in [6.45, 7) is -2.04. The van der Waals surface area contributed by atoms with E-state index in [1.165, 1.54) is 19.2 Å². The number of hydrogen-bond donors (Lipinski definition) is 1. The Morgan fingerprint density at radius 2 is 1.95 bits per heavy atom. The maximum Gasteiger partial charge on any atom is 0.405 e. The molecule has 1 heterocycles. The maximum absolute atomic E-state index is 12.0. The molecule has 0 aliphatic rings. The zero-order valence-electron chi connectivity index (χ0n) is 10.7. The van der Waals surface area contributed by atoms with Gasteiger partial charge in [-0.2, -0.15) is 13.2 Å². The summed E-state index contributed by atoms with van der Waals surface area (Å²) >= 11 is 11.4. The highest BCUT2D eigenvalue weighted by Gasteiger charge is 2.28. The fourth-order valence-corrected chi connectivity index (χ4v) is 1.62. The second-order valence-corrected chi connectivity index (χ2v) is 4.81. The molecule has 0 fully saturated rings. The number of halogens is 5. The Bertz CT molecular complexity index is 552. The summed E-state index contributed by atoms with van der Waals surface area (Å²) in [6, 6.07) is 2.72. The molecule has 1 N–H and O–H groups in total. The largest absolute Gasteiger partial charge is 0.405 e. The molecule has 2 amide bonds. The van der Waals surface area contributed by atoms with Gasteiger partial charge in [0.2, 0.25) is 5.91 Å². The lowest BCUT2D eigenvalue weighted by Gasteiger charge is -2.17. The normalized spacial score (nSPS) is 11.1. The van der Waals surface area contributed by atoms with Crippen LogP contribution in [0, 0.1) is 0 Å². The predicted octanol–water partition coefficient (Wildman–Crippen LogP) is 2.14. The molecule has 10 heteroatoms. The summed E-state index contributed by atoms with van der Waals surface area (Å²) in [7, 11) is 1.23. The smallest absolute Gasteiger partial charge is 0.345 e. The predicted molar refractivity (Wildman–Crippen MR) is 70.3 cm³/mol. The van der Waals surface area contributed by atoms with Crippen molar-refractivity contribution in [1.29, 1.82) is 0 Å². The highest BCUT2D eigenvalue weighted by Crippen LogP contribution is 2.18. The van der Waals surface area contributed by atoms with E-state index in [2.05, 4.69) is 4.98 Å². The van der Waals surface area contributed by atoms with Crippen LogP contribution in [0.2, 0.25) is 10.2 Å². The van der Waals surface area contributed by atoms with E-state index < -0.39 is 31.1 Å². The molecule has 1 aromatic rings. The third-order valence-electron chi connectivity index (χ3n) is 2.23. The number of carbonyl (C=O) groups excluding carboxylic acids is 2. The Kier molecular flexibility index (Phi) is 5.79. The van der Waals surface area contributed by atoms with Crippen LogP contribution in [0.5, 0.6) is 0 Å². The lowest BCUT2D eigenvalue weighted by atomic mass is 10.3. The van der Waals surface area contributed by atoms with Crippen molar-refractivity contribution < 1.29 is 22.8 Å². The van der Waals surface area contributed by atoms with E-state index in [9.17, 15) is 22.8 Å². The van der Waals surface area contributed by atoms with E-state index in [1.807, 2.05) is 0 Å². The molecular weight excluding hydrogens is 334 g/mol. The number of pyridine rings is 1. The zero-order chi connectivity index (χ0) is 16.2. The van der Waals surface area contributed by atoms with E-state index in [-0.39, 0.29) is 15.9 Å². The Balaban J connectivity index is 2.66. The van der Waals surface area contributed by atoms with Crippen LogP contribution in [-0.4, -0.2) is 48.0 Å². The van der Waals surface area contributed by atoms with Crippen molar-refractivity contribution in [2.45, 2.75) is 6.18 Å². The van der Waals surface area contributed by atoms with Crippen LogP contribution in [0.3, 0.4) is 0 Å². The summed E-state index contributed by atoms with van der Waals surface area (Å²) < 4.78 is 35.8. The average Bonchev–Trinajstić information content (AvgIpc) is 2.37. The average molecular weight is 344 g/mol. The van der Waals surface area contributed by atoms with Gasteiger partial charge in [0.1, 0.15) is 17.4 Å². The fraction of sp³-hybridized carbons (Fsp3) is 0.364. The third-order valence-corrected chi connectivity index (χ3v) is 2.74. The van der Waals surface area contributed by atoms with E-state index in [1.54, 1.807) is 5.32 Å². The van der Waals surface area contributed by atoms with Crippen molar-refractivity contribution in [2.24, 2.45) is 0 Å². The topological polar surface area (TPSA) is 62.3 Å². The van der Waals surface area contributed by atoms with Crippen molar-refractivity contribution in [2.75, 3.05) is 20.1 Å². The number of nitrogens with one attached hydrogen (secondary N) is 1. The summed E-state index contributed by atoms with van der Waals surface area (Å²) in [4.78, 5) is 27.9. The molecule has 0 saturated heterocycles. The quantitative estimate of drug-likeness (QED) is 0.852. The molecule has 0 aliphatic carbocycles. The van der Waals surface area contributed by atoms with Gasteiger partial charge in [0.15, 0.2) is 0 Å². The number of rotatable bonds is 4. The number of nitrogens with zero attached hydrogens (tertiary/aromatic N) is 2. The fourth-order valence-electron chi connectivity index (χ4n) is 1.29. The van der Waals surface area contributed by atoms with Gasteiger partial charge in [-0.05, 0) is 12.1 Å². The molecule has 0 saturated carbocycles. The van der Waals surface area contributed by atoms with Crippen LogP contribution < -0.4 is 5.32 Å². The van der Waals surface area contributed by atoms with Crippen LogP contribution in [0.15, 0.2) is 12.1 Å². The number of aromatic nitrogens is 1. The van der Waals surface area contributed by atoms with Gasteiger partial charge in [0.05, 0.1) is 11.6 Å². The maximum atomic E-state index is 12.0. The molecule has 0 atom stereocenters.